The lowest BCUT2D eigenvalue weighted by Crippen LogP contribution is -2.29. The average Bonchev–Trinajstić information content (AvgIpc) is 3.35. The Morgan fingerprint density at radius 3 is 2.63 bits per heavy atom. The molecule has 27 heavy (non-hydrogen) atoms. The van der Waals surface area contributed by atoms with E-state index in [1.807, 2.05) is 48.7 Å². The largest absolute Gasteiger partial charge is 0.497 e. The quantitative estimate of drug-likeness (QED) is 0.660. The highest BCUT2D eigenvalue weighted by atomic mass is 32.1. The van der Waals surface area contributed by atoms with Crippen LogP contribution in [0.15, 0.2) is 60.9 Å². The maximum atomic E-state index is 5.71. The van der Waals surface area contributed by atoms with Gasteiger partial charge in [-0.3, -0.25) is 4.98 Å². The number of ether oxygens (including phenoxy) is 2. The van der Waals surface area contributed by atoms with Crippen molar-refractivity contribution in [1.29, 1.82) is 0 Å². The summed E-state index contributed by atoms with van der Waals surface area (Å²) in [5.41, 5.74) is 2.83. The van der Waals surface area contributed by atoms with Crippen LogP contribution in [0.25, 0.3) is 0 Å². The number of pyridine rings is 1. The van der Waals surface area contributed by atoms with Crippen LogP contribution in [0, 0.1) is 0 Å². The Kier molecular flexibility index (Phi) is 4.68. The lowest BCUT2D eigenvalue weighted by atomic mass is 10.0. The van der Waals surface area contributed by atoms with Crippen LogP contribution in [0.4, 0.5) is 5.69 Å². The van der Waals surface area contributed by atoms with Crippen molar-refractivity contribution in [3.63, 3.8) is 0 Å². The van der Waals surface area contributed by atoms with E-state index in [0.717, 1.165) is 22.8 Å². The molecule has 0 spiro atoms. The Labute approximate surface area is 163 Å². The molecular formula is C20H20N4O2S. The molecule has 138 valence electrons. The van der Waals surface area contributed by atoms with Crippen LogP contribution in [0.5, 0.6) is 11.5 Å². The predicted molar refractivity (Wildman–Crippen MR) is 108 cm³/mol. The predicted octanol–water partition coefficient (Wildman–Crippen LogP) is 3.60. The van der Waals surface area contributed by atoms with E-state index in [0.29, 0.717) is 10.9 Å². The number of benzene rings is 1. The third-order valence-electron chi connectivity index (χ3n) is 4.69. The number of anilines is 1. The summed E-state index contributed by atoms with van der Waals surface area (Å²) in [5.74, 6) is 1.42. The van der Waals surface area contributed by atoms with Crippen LogP contribution in [0.2, 0.25) is 0 Å². The number of hydrogen-bond acceptors (Lipinski definition) is 4. The molecule has 0 bridgehead atoms. The van der Waals surface area contributed by atoms with Gasteiger partial charge in [-0.05, 0) is 48.6 Å². The van der Waals surface area contributed by atoms with Crippen LogP contribution in [0.3, 0.4) is 0 Å². The molecule has 0 amide bonds. The number of H-pyrrole nitrogens is 1. The number of methoxy groups -OCH3 is 2. The lowest BCUT2D eigenvalue weighted by Gasteiger charge is -2.28. The van der Waals surface area contributed by atoms with Crippen molar-refractivity contribution >= 4 is 23.0 Å². The number of hydrogen-bond donors (Lipinski definition) is 2. The smallest absolute Gasteiger partial charge is 0.174 e. The Morgan fingerprint density at radius 2 is 1.96 bits per heavy atom. The highest BCUT2D eigenvalue weighted by Crippen LogP contribution is 2.44. The van der Waals surface area contributed by atoms with E-state index in [4.69, 9.17) is 21.7 Å². The second kappa shape index (κ2) is 7.28. The van der Waals surface area contributed by atoms with Crippen LogP contribution in [-0.4, -0.2) is 29.3 Å². The van der Waals surface area contributed by atoms with Crippen molar-refractivity contribution < 1.29 is 9.47 Å². The molecule has 1 saturated heterocycles. The molecule has 1 aromatic carbocycles. The number of aromatic amines is 1. The van der Waals surface area contributed by atoms with Crippen LogP contribution in [0.1, 0.15) is 23.5 Å². The van der Waals surface area contributed by atoms with Gasteiger partial charge in [0, 0.05) is 24.2 Å². The number of nitrogens with one attached hydrogen (secondary N) is 2. The van der Waals surface area contributed by atoms with E-state index < -0.39 is 0 Å². The first-order valence-corrected chi connectivity index (χ1v) is 8.99. The van der Waals surface area contributed by atoms with Gasteiger partial charge >= 0.3 is 0 Å². The summed E-state index contributed by atoms with van der Waals surface area (Å²) in [6, 6.07) is 15.5. The second-order valence-electron chi connectivity index (χ2n) is 6.16. The molecule has 4 rings (SSSR count). The van der Waals surface area contributed by atoms with Gasteiger partial charge in [-0.2, -0.15) is 0 Å². The molecule has 6 nitrogen and oxygen atoms in total. The number of rotatable bonds is 5. The van der Waals surface area contributed by atoms with Crippen LogP contribution in [-0.2, 0) is 0 Å². The molecule has 2 atom stereocenters. The molecule has 1 aliphatic heterocycles. The van der Waals surface area contributed by atoms with Gasteiger partial charge in [0.25, 0.3) is 0 Å². The normalized spacial score (nSPS) is 19.0. The van der Waals surface area contributed by atoms with Crippen molar-refractivity contribution in [2.75, 3.05) is 19.1 Å². The molecule has 0 radical (unpaired) electrons. The number of aromatic nitrogens is 2. The molecule has 2 N–H and O–H groups in total. The molecule has 0 saturated carbocycles. The van der Waals surface area contributed by atoms with E-state index >= 15 is 0 Å². The zero-order valence-corrected chi connectivity index (χ0v) is 15.9. The third-order valence-corrected chi connectivity index (χ3v) is 5.00. The summed E-state index contributed by atoms with van der Waals surface area (Å²) in [6.45, 7) is 0. The molecule has 0 unspecified atom stereocenters. The summed E-state index contributed by atoms with van der Waals surface area (Å²) in [7, 11) is 3.28. The fourth-order valence-corrected chi connectivity index (χ4v) is 3.78. The summed E-state index contributed by atoms with van der Waals surface area (Å²) in [6.07, 6.45) is 3.71. The topological polar surface area (TPSA) is 62.4 Å². The van der Waals surface area contributed by atoms with Crippen LogP contribution < -0.4 is 19.7 Å². The van der Waals surface area contributed by atoms with E-state index in [1.54, 1.807) is 20.4 Å². The fraction of sp³-hybridized carbons (Fsp3) is 0.200. The molecule has 1 aliphatic rings. The molecule has 3 aromatic rings. The average molecular weight is 380 g/mol. The number of thiocarbonyl (C=S) groups is 1. The Balaban J connectivity index is 1.83. The first-order chi connectivity index (χ1) is 13.2. The third kappa shape index (κ3) is 3.10. The van der Waals surface area contributed by atoms with E-state index in [2.05, 4.69) is 26.3 Å². The lowest BCUT2D eigenvalue weighted by molar-refractivity contribution is 0.394. The number of nitrogens with zero attached hydrogens (tertiary/aromatic N) is 2. The molecule has 3 heterocycles. The first kappa shape index (κ1) is 17.4. The van der Waals surface area contributed by atoms with Crippen molar-refractivity contribution in [3.05, 3.63) is 72.3 Å². The van der Waals surface area contributed by atoms with Gasteiger partial charge in [0.05, 0.1) is 31.6 Å². The minimum absolute atomic E-state index is 0.0929. The SMILES string of the molecule is COc1ccc(N2C(=S)N[C@@H](c3ccccn3)[C@H]2c2ccc[nH]2)c(OC)c1. The van der Waals surface area contributed by atoms with Crippen LogP contribution >= 0.6 is 12.2 Å². The Bertz CT molecular complexity index is 930. The molecular weight excluding hydrogens is 360 g/mol. The molecule has 2 aromatic heterocycles. The van der Waals surface area contributed by atoms with Gasteiger partial charge in [-0.1, -0.05) is 6.07 Å². The van der Waals surface area contributed by atoms with E-state index in [9.17, 15) is 0 Å². The summed E-state index contributed by atoms with van der Waals surface area (Å²) < 4.78 is 10.9. The Morgan fingerprint density at radius 1 is 1.07 bits per heavy atom. The van der Waals surface area contributed by atoms with Crippen molar-refractivity contribution in [1.82, 2.24) is 15.3 Å². The van der Waals surface area contributed by atoms with E-state index in [-0.39, 0.29) is 12.1 Å². The maximum Gasteiger partial charge on any atom is 0.174 e. The fourth-order valence-electron chi connectivity index (χ4n) is 3.44. The van der Waals surface area contributed by atoms with Gasteiger partial charge in [0.2, 0.25) is 0 Å². The maximum absolute atomic E-state index is 5.71. The second-order valence-corrected chi connectivity index (χ2v) is 6.55. The minimum Gasteiger partial charge on any atom is -0.497 e. The van der Waals surface area contributed by atoms with Gasteiger partial charge in [0.15, 0.2) is 5.11 Å². The summed E-state index contributed by atoms with van der Waals surface area (Å²) >= 11 is 5.71. The first-order valence-electron chi connectivity index (χ1n) is 8.59. The highest BCUT2D eigenvalue weighted by molar-refractivity contribution is 7.80. The van der Waals surface area contributed by atoms with Crippen molar-refractivity contribution in [2.45, 2.75) is 12.1 Å². The molecule has 1 fully saturated rings. The summed E-state index contributed by atoms with van der Waals surface area (Å²) in [4.78, 5) is 9.93. The van der Waals surface area contributed by atoms with Crippen molar-refractivity contribution in [3.8, 4) is 11.5 Å². The van der Waals surface area contributed by atoms with Crippen molar-refractivity contribution in [2.24, 2.45) is 0 Å². The summed E-state index contributed by atoms with van der Waals surface area (Å²) in [5, 5.41) is 4.04. The zero-order valence-electron chi connectivity index (χ0n) is 15.0. The van der Waals surface area contributed by atoms with Gasteiger partial charge in [-0.15, -0.1) is 0 Å². The zero-order chi connectivity index (χ0) is 18.8. The standard InChI is InChI=1S/C20H20N4O2S/c1-25-13-8-9-16(17(12-13)26-2)24-19(15-7-5-11-22-15)18(23-20(24)27)14-6-3-4-10-21-14/h3-12,18-19,22H,1-2H3,(H,23,27)/t18-,19+/m0/s1. The van der Waals surface area contributed by atoms with Gasteiger partial charge < -0.3 is 24.7 Å². The van der Waals surface area contributed by atoms with E-state index in [1.165, 1.54) is 0 Å². The molecule has 7 heteroatoms. The minimum atomic E-state index is -0.0934. The Hall–Kier alpha value is -3.06. The highest BCUT2D eigenvalue weighted by Gasteiger charge is 2.42. The monoisotopic (exact) mass is 380 g/mol. The van der Waals surface area contributed by atoms with Gasteiger partial charge in [0.1, 0.15) is 17.5 Å². The van der Waals surface area contributed by atoms with Gasteiger partial charge in [-0.25, -0.2) is 0 Å². The molecule has 0 aliphatic carbocycles.